The lowest BCUT2D eigenvalue weighted by molar-refractivity contribution is -0.117. The molecule has 1 N–H and O–H groups in total. The van der Waals surface area contributed by atoms with E-state index in [2.05, 4.69) is 10.4 Å². The topological polar surface area (TPSA) is 82.4 Å². The van der Waals surface area contributed by atoms with Crippen molar-refractivity contribution >= 4 is 22.4 Å². The SMILES string of the molecule is COc1ccc(OC)c(NC(=O)Cn2nc(-c3cccc4ccccc34)ccc2=O)c1. The summed E-state index contributed by atoms with van der Waals surface area (Å²) in [5.74, 6) is 0.652. The van der Waals surface area contributed by atoms with Gasteiger partial charge in [-0.1, -0.05) is 42.5 Å². The Balaban J connectivity index is 1.63. The molecule has 1 heterocycles. The van der Waals surface area contributed by atoms with Gasteiger partial charge in [-0.15, -0.1) is 0 Å². The first-order valence-electron chi connectivity index (χ1n) is 9.67. The summed E-state index contributed by atoms with van der Waals surface area (Å²) in [4.78, 5) is 25.0. The number of nitrogens with zero attached hydrogens (tertiary/aromatic N) is 2. The van der Waals surface area contributed by atoms with Gasteiger partial charge in [0.25, 0.3) is 5.56 Å². The van der Waals surface area contributed by atoms with E-state index in [1.54, 1.807) is 24.3 Å². The second-order valence-electron chi connectivity index (χ2n) is 6.86. The summed E-state index contributed by atoms with van der Waals surface area (Å²) < 4.78 is 11.6. The first-order chi connectivity index (χ1) is 15.1. The predicted octanol–water partition coefficient (Wildman–Crippen LogP) is 3.72. The zero-order valence-electron chi connectivity index (χ0n) is 17.2. The van der Waals surface area contributed by atoms with Crippen molar-refractivity contribution in [2.75, 3.05) is 19.5 Å². The van der Waals surface area contributed by atoms with E-state index in [0.717, 1.165) is 21.0 Å². The van der Waals surface area contributed by atoms with Gasteiger partial charge in [0, 0.05) is 17.7 Å². The van der Waals surface area contributed by atoms with Gasteiger partial charge in [0.2, 0.25) is 5.91 Å². The molecule has 156 valence electrons. The van der Waals surface area contributed by atoms with Gasteiger partial charge in [0.15, 0.2) is 0 Å². The molecule has 7 nitrogen and oxygen atoms in total. The molecule has 0 unspecified atom stereocenters. The van der Waals surface area contributed by atoms with Gasteiger partial charge >= 0.3 is 0 Å². The minimum Gasteiger partial charge on any atom is -0.497 e. The molecule has 0 aliphatic carbocycles. The second kappa shape index (κ2) is 8.71. The Morgan fingerprint density at radius 1 is 0.968 bits per heavy atom. The summed E-state index contributed by atoms with van der Waals surface area (Å²) in [7, 11) is 3.05. The average Bonchev–Trinajstić information content (AvgIpc) is 2.80. The molecule has 0 atom stereocenters. The van der Waals surface area contributed by atoms with E-state index in [-0.39, 0.29) is 12.1 Å². The molecule has 4 rings (SSSR count). The lowest BCUT2D eigenvalue weighted by atomic mass is 10.0. The lowest BCUT2D eigenvalue weighted by Gasteiger charge is -2.13. The number of amides is 1. The fraction of sp³-hybridized carbons (Fsp3) is 0.125. The van der Waals surface area contributed by atoms with Crippen molar-refractivity contribution in [2.24, 2.45) is 0 Å². The van der Waals surface area contributed by atoms with Crippen molar-refractivity contribution in [3.05, 3.63) is 83.2 Å². The first-order valence-corrected chi connectivity index (χ1v) is 9.67. The van der Waals surface area contributed by atoms with Gasteiger partial charge in [0.1, 0.15) is 18.0 Å². The van der Waals surface area contributed by atoms with Crippen LogP contribution >= 0.6 is 0 Å². The van der Waals surface area contributed by atoms with Gasteiger partial charge in [-0.25, -0.2) is 4.68 Å². The maximum atomic E-state index is 12.7. The molecule has 4 aromatic rings. The van der Waals surface area contributed by atoms with E-state index in [1.807, 2.05) is 42.5 Å². The Bertz CT molecular complexity index is 1310. The minimum absolute atomic E-state index is 0.238. The van der Waals surface area contributed by atoms with Crippen molar-refractivity contribution in [1.82, 2.24) is 9.78 Å². The van der Waals surface area contributed by atoms with Gasteiger partial charge in [0.05, 0.1) is 25.6 Å². The fourth-order valence-corrected chi connectivity index (χ4v) is 3.39. The maximum absolute atomic E-state index is 12.7. The highest BCUT2D eigenvalue weighted by Crippen LogP contribution is 2.29. The molecular formula is C24H21N3O4. The van der Waals surface area contributed by atoms with Crippen LogP contribution < -0.4 is 20.3 Å². The van der Waals surface area contributed by atoms with E-state index in [9.17, 15) is 9.59 Å². The largest absolute Gasteiger partial charge is 0.497 e. The molecule has 1 aromatic heterocycles. The van der Waals surface area contributed by atoms with Crippen molar-refractivity contribution in [3.8, 4) is 22.8 Å². The molecule has 1 amide bonds. The standard InChI is InChI=1S/C24H21N3O4/c1-30-17-10-12-22(31-2)21(14-17)25-23(28)15-27-24(29)13-11-20(26-27)19-9-5-7-16-6-3-4-8-18(16)19/h3-14H,15H2,1-2H3,(H,25,28). The van der Waals surface area contributed by atoms with Gasteiger partial charge < -0.3 is 14.8 Å². The number of ether oxygens (including phenoxy) is 2. The van der Waals surface area contributed by atoms with Crippen LogP contribution in [0.15, 0.2) is 77.6 Å². The molecule has 0 spiro atoms. The molecule has 31 heavy (non-hydrogen) atoms. The highest BCUT2D eigenvalue weighted by atomic mass is 16.5. The smallest absolute Gasteiger partial charge is 0.267 e. The molecule has 0 aliphatic rings. The van der Waals surface area contributed by atoms with Crippen molar-refractivity contribution in [2.45, 2.75) is 6.54 Å². The number of carbonyl (C=O) groups excluding carboxylic acids is 1. The highest BCUT2D eigenvalue weighted by Gasteiger charge is 2.13. The Hall–Kier alpha value is -4.13. The third-order valence-corrected chi connectivity index (χ3v) is 4.91. The van der Waals surface area contributed by atoms with Crippen LogP contribution in [0.3, 0.4) is 0 Å². The van der Waals surface area contributed by atoms with Crippen molar-refractivity contribution < 1.29 is 14.3 Å². The maximum Gasteiger partial charge on any atom is 0.267 e. The summed E-state index contributed by atoms with van der Waals surface area (Å²) in [5.41, 5.74) is 1.59. The molecule has 0 radical (unpaired) electrons. The van der Waals surface area contributed by atoms with Crippen LogP contribution in [0.25, 0.3) is 22.0 Å². The summed E-state index contributed by atoms with van der Waals surface area (Å²) in [6.07, 6.45) is 0. The molecule has 3 aromatic carbocycles. The molecular weight excluding hydrogens is 394 g/mol. The van der Waals surface area contributed by atoms with Crippen LogP contribution in [0.2, 0.25) is 0 Å². The van der Waals surface area contributed by atoms with Gasteiger partial charge in [-0.3, -0.25) is 9.59 Å². The van der Waals surface area contributed by atoms with Crippen LogP contribution in [0.1, 0.15) is 0 Å². The molecule has 0 saturated heterocycles. The second-order valence-corrected chi connectivity index (χ2v) is 6.86. The van der Waals surface area contributed by atoms with Gasteiger partial charge in [-0.05, 0) is 29.0 Å². The predicted molar refractivity (Wildman–Crippen MR) is 120 cm³/mol. The Morgan fingerprint density at radius 3 is 2.58 bits per heavy atom. The minimum atomic E-state index is -0.406. The molecule has 0 fully saturated rings. The lowest BCUT2D eigenvalue weighted by Crippen LogP contribution is -2.29. The number of carbonyl (C=O) groups is 1. The van der Waals surface area contributed by atoms with Gasteiger partial charge in [-0.2, -0.15) is 5.10 Å². The third-order valence-electron chi connectivity index (χ3n) is 4.91. The van der Waals surface area contributed by atoms with E-state index in [0.29, 0.717) is 22.9 Å². The highest BCUT2D eigenvalue weighted by molar-refractivity contribution is 5.96. The summed E-state index contributed by atoms with van der Waals surface area (Å²) >= 11 is 0. The van der Waals surface area contributed by atoms with Crippen LogP contribution in [-0.2, 0) is 11.3 Å². The Kier molecular flexibility index (Phi) is 5.66. The number of anilines is 1. The Morgan fingerprint density at radius 2 is 1.77 bits per heavy atom. The number of fused-ring (bicyclic) bond motifs is 1. The van der Waals surface area contributed by atoms with Crippen LogP contribution in [-0.4, -0.2) is 29.9 Å². The molecule has 7 heteroatoms. The number of hydrogen-bond donors (Lipinski definition) is 1. The number of methoxy groups -OCH3 is 2. The monoisotopic (exact) mass is 415 g/mol. The first kappa shape index (κ1) is 20.2. The van der Waals surface area contributed by atoms with E-state index in [1.165, 1.54) is 20.3 Å². The van der Waals surface area contributed by atoms with Crippen LogP contribution in [0.4, 0.5) is 5.69 Å². The summed E-state index contributed by atoms with van der Waals surface area (Å²) in [6, 6.07) is 22.0. The summed E-state index contributed by atoms with van der Waals surface area (Å²) in [5, 5.41) is 9.29. The normalized spacial score (nSPS) is 10.6. The van der Waals surface area contributed by atoms with Crippen molar-refractivity contribution in [1.29, 1.82) is 0 Å². The zero-order valence-corrected chi connectivity index (χ0v) is 17.2. The van der Waals surface area contributed by atoms with E-state index >= 15 is 0 Å². The quantitative estimate of drug-likeness (QED) is 0.519. The Labute approximate surface area is 178 Å². The number of hydrogen-bond acceptors (Lipinski definition) is 5. The molecule has 0 saturated carbocycles. The third kappa shape index (κ3) is 4.25. The van der Waals surface area contributed by atoms with Crippen LogP contribution in [0, 0.1) is 0 Å². The summed E-state index contributed by atoms with van der Waals surface area (Å²) in [6.45, 7) is -0.238. The number of rotatable bonds is 6. The fourth-order valence-electron chi connectivity index (χ4n) is 3.39. The zero-order chi connectivity index (χ0) is 21.8. The van der Waals surface area contributed by atoms with Crippen molar-refractivity contribution in [3.63, 3.8) is 0 Å². The van der Waals surface area contributed by atoms with Crippen LogP contribution in [0.5, 0.6) is 11.5 Å². The van der Waals surface area contributed by atoms with E-state index in [4.69, 9.17) is 9.47 Å². The number of aromatic nitrogens is 2. The number of benzene rings is 3. The molecule has 0 bridgehead atoms. The molecule has 0 aliphatic heterocycles. The average molecular weight is 415 g/mol. The van der Waals surface area contributed by atoms with E-state index < -0.39 is 5.91 Å². The number of nitrogens with one attached hydrogen (secondary N) is 1.